The Kier molecular flexibility index (Phi) is 12.6. The van der Waals surface area contributed by atoms with Gasteiger partial charge in [0.25, 0.3) is 0 Å². The van der Waals surface area contributed by atoms with Crippen molar-refractivity contribution in [1.82, 2.24) is 0 Å². The van der Waals surface area contributed by atoms with Crippen molar-refractivity contribution in [3.8, 4) is 17.2 Å². The Morgan fingerprint density at radius 3 is 0.963 bits per heavy atom. The van der Waals surface area contributed by atoms with Crippen LogP contribution in [0.2, 0.25) is 0 Å². The highest BCUT2D eigenvalue weighted by Gasteiger charge is 2.25. The summed E-state index contributed by atoms with van der Waals surface area (Å²) in [5, 5.41) is 0. The maximum Gasteiger partial charge on any atom is 0.153 e. The summed E-state index contributed by atoms with van der Waals surface area (Å²) in [5.41, 5.74) is 0. The number of halogens is 3. The van der Waals surface area contributed by atoms with E-state index in [9.17, 15) is 0 Å². The van der Waals surface area contributed by atoms with Gasteiger partial charge in [-0.2, -0.15) is 0 Å². The number of hydrogen-bond acceptors (Lipinski definition) is 3. The molecule has 3 nitrogen and oxygen atoms in total. The van der Waals surface area contributed by atoms with Crippen molar-refractivity contribution in [2.45, 2.75) is 60.8 Å². The molecule has 156 valence electrons. The zero-order chi connectivity index (χ0) is 20.6. The first-order valence-corrected chi connectivity index (χ1v) is 13.1. The number of benzene rings is 1. The van der Waals surface area contributed by atoms with Gasteiger partial charge in [0.2, 0.25) is 0 Å². The summed E-state index contributed by atoms with van der Waals surface area (Å²) in [6, 6.07) is 0. The molecule has 0 aliphatic carbocycles. The third-order valence-corrected chi connectivity index (χ3v) is 7.76. The molecule has 3 atom stereocenters. The highest BCUT2D eigenvalue weighted by Crippen LogP contribution is 2.46. The molecule has 0 amide bonds. The fraction of sp³-hybridized carbons (Fsp3) is 0.714. The molecule has 0 aliphatic rings. The molecule has 0 fully saturated rings. The van der Waals surface area contributed by atoms with Crippen LogP contribution in [0.1, 0.15) is 60.8 Å². The molecular formula is C21H33I3O3. The number of ether oxygens (including phenoxy) is 3. The molecule has 1 rings (SSSR count). The van der Waals surface area contributed by atoms with Gasteiger partial charge < -0.3 is 14.2 Å². The predicted molar refractivity (Wildman–Crippen MR) is 139 cm³/mol. The minimum atomic E-state index is 0.518. The van der Waals surface area contributed by atoms with Crippen LogP contribution in [0.25, 0.3) is 0 Å². The Bertz CT molecular complexity index is 490. The van der Waals surface area contributed by atoms with Gasteiger partial charge in [0.15, 0.2) is 17.2 Å². The van der Waals surface area contributed by atoms with E-state index >= 15 is 0 Å². The van der Waals surface area contributed by atoms with Gasteiger partial charge in [0.05, 0.1) is 30.5 Å². The van der Waals surface area contributed by atoms with Crippen LogP contribution in [0.3, 0.4) is 0 Å². The summed E-state index contributed by atoms with van der Waals surface area (Å²) < 4.78 is 21.9. The van der Waals surface area contributed by atoms with Crippen molar-refractivity contribution in [1.29, 1.82) is 0 Å². The van der Waals surface area contributed by atoms with Crippen LogP contribution in [-0.2, 0) is 0 Å². The first-order valence-electron chi connectivity index (χ1n) is 9.85. The summed E-state index contributed by atoms with van der Waals surface area (Å²) in [4.78, 5) is 0. The lowest BCUT2D eigenvalue weighted by Gasteiger charge is -2.22. The lowest BCUT2D eigenvalue weighted by molar-refractivity contribution is 0.226. The Balaban J connectivity index is 3.25. The van der Waals surface area contributed by atoms with Crippen LogP contribution >= 0.6 is 67.8 Å². The van der Waals surface area contributed by atoms with E-state index in [-0.39, 0.29) is 0 Å². The maximum atomic E-state index is 6.24. The molecule has 1 aromatic carbocycles. The van der Waals surface area contributed by atoms with Crippen molar-refractivity contribution in [2.75, 3.05) is 19.8 Å². The molecule has 0 unspecified atom stereocenters. The molecule has 0 spiro atoms. The van der Waals surface area contributed by atoms with Crippen molar-refractivity contribution < 1.29 is 14.2 Å². The van der Waals surface area contributed by atoms with Gasteiger partial charge in [-0.05, 0) is 85.5 Å². The fourth-order valence-corrected chi connectivity index (χ4v) is 6.11. The molecule has 0 aliphatic heterocycles. The maximum absolute atomic E-state index is 6.24. The molecule has 0 bridgehead atoms. The van der Waals surface area contributed by atoms with Gasteiger partial charge in [0.1, 0.15) is 0 Å². The van der Waals surface area contributed by atoms with Gasteiger partial charge in [-0.1, -0.05) is 60.8 Å². The molecule has 27 heavy (non-hydrogen) atoms. The second-order valence-corrected chi connectivity index (χ2v) is 10.6. The Hall–Kier alpha value is 0.810. The van der Waals surface area contributed by atoms with Crippen molar-refractivity contribution in [3.05, 3.63) is 10.7 Å². The Morgan fingerprint density at radius 2 is 0.778 bits per heavy atom. The minimum absolute atomic E-state index is 0.518. The summed E-state index contributed by atoms with van der Waals surface area (Å²) in [7, 11) is 0. The number of rotatable bonds is 12. The van der Waals surface area contributed by atoms with Crippen LogP contribution in [0.5, 0.6) is 17.2 Å². The van der Waals surface area contributed by atoms with E-state index in [0.717, 1.165) is 47.2 Å². The SMILES string of the molecule is CC[C@H](C)COc1c(I)c(OC[C@@H](C)CC)c(I)c(OC[C@@H](C)CC)c1I. The first-order chi connectivity index (χ1) is 12.8. The largest absolute Gasteiger partial charge is 0.491 e. The fourth-order valence-electron chi connectivity index (χ4n) is 2.01. The second kappa shape index (κ2) is 13.2. The van der Waals surface area contributed by atoms with Crippen molar-refractivity contribution in [2.24, 2.45) is 17.8 Å². The van der Waals surface area contributed by atoms with Gasteiger partial charge in [0, 0.05) is 0 Å². The molecule has 0 saturated carbocycles. The van der Waals surface area contributed by atoms with Gasteiger partial charge in [-0.3, -0.25) is 0 Å². The monoisotopic (exact) mass is 714 g/mol. The van der Waals surface area contributed by atoms with Crippen LogP contribution in [0, 0.1) is 28.5 Å². The van der Waals surface area contributed by atoms with E-state index < -0.39 is 0 Å². The Labute approximate surface area is 206 Å². The lowest BCUT2D eigenvalue weighted by Crippen LogP contribution is -2.15. The van der Waals surface area contributed by atoms with E-state index in [4.69, 9.17) is 14.2 Å². The summed E-state index contributed by atoms with van der Waals surface area (Å²) in [6.07, 6.45) is 3.31. The average Bonchev–Trinajstić information content (AvgIpc) is 2.66. The highest BCUT2D eigenvalue weighted by atomic mass is 127. The molecule has 6 heteroatoms. The average molecular weight is 714 g/mol. The topological polar surface area (TPSA) is 27.7 Å². The zero-order valence-corrected chi connectivity index (χ0v) is 23.8. The van der Waals surface area contributed by atoms with Gasteiger partial charge in [-0.25, -0.2) is 0 Å². The van der Waals surface area contributed by atoms with Crippen LogP contribution in [0.4, 0.5) is 0 Å². The van der Waals surface area contributed by atoms with E-state index in [2.05, 4.69) is 109 Å². The van der Waals surface area contributed by atoms with Crippen LogP contribution < -0.4 is 14.2 Å². The normalized spacial score (nSPS) is 14.6. The Morgan fingerprint density at radius 1 is 0.556 bits per heavy atom. The summed E-state index contributed by atoms with van der Waals surface area (Å²) >= 11 is 7.08. The zero-order valence-electron chi connectivity index (χ0n) is 17.3. The third-order valence-electron chi connectivity index (χ3n) is 4.82. The number of hydrogen-bond donors (Lipinski definition) is 0. The summed E-state index contributed by atoms with van der Waals surface area (Å²) in [6.45, 7) is 15.3. The molecule has 0 heterocycles. The smallest absolute Gasteiger partial charge is 0.153 e. The van der Waals surface area contributed by atoms with Crippen molar-refractivity contribution >= 4 is 67.8 Å². The van der Waals surface area contributed by atoms with E-state index in [1.165, 1.54) is 0 Å². The highest BCUT2D eigenvalue weighted by molar-refractivity contribution is 14.1. The quantitative estimate of drug-likeness (QED) is 0.207. The molecule has 0 radical (unpaired) electrons. The predicted octanol–water partition coefficient (Wildman–Crippen LogP) is 7.78. The van der Waals surface area contributed by atoms with Gasteiger partial charge in [-0.15, -0.1) is 0 Å². The molecule has 0 saturated heterocycles. The van der Waals surface area contributed by atoms with Crippen LogP contribution in [-0.4, -0.2) is 19.8 Å². The standard InChI is InChI=1S/C21H33I3O3/c1-7-13(4)10-25-19-16(22)20(26-11-14(5)8-2)18(24)21(17(19)23)27-12-15(6)9-3/h13-15H,7-12H2,1-6H3/t13-,14-,15-/m0/s1. The lowest BCUT2D eigenvalue weighted by atomic mass is 10.1. The molecular weight excluding hydrogens is 681 g/mol. The van der Waals surface area contributed by atoms with Crippen LogP contribution in [0.15, 0.2) is 0 Å². The second-order valence-electron chi connectivity index (χ2n) is 7.40. The van der Waals surface area contributed by atoms with E-state index in [0.29, 0.717) is 37.6 Å². The van der Waals surface area contributed by atoms with E-state index in [1.807, 2.05) is 0 Å². The molecule has 1 aromatic rings. The van der Waals surface area contributed by atoms with Gasteiger partial charge >= 0.3 is 0 Å². The van der Waals surface area contributed by atoms with Crippen molar-refractivity contribution in [3.63, 3.8) is 0 Å². The summed E-state index contributed by atoms with van der Waals surface area (Å²) in [5.74, 6) is 4.25. The third kappa shape index (κ3) is 7.86. The van der Waals surface area contributed by atoms with E-state index in [1.54, 1.807) is 0 Å². The molecule has 0 aromatic heterocycles. The molecule has 0 N–H and O–H groups in total. The minimum Gasteiger partial charge on any atom is -0.491 e. The first kappa shape index (κ1) is 25.8.